The van der Waals surface area contributed by atoms with E-state index in [4.69, 9.17) is 21.3 Å². The van der Waals surface area contributed by atoms with E-state index in [0.29, 0.717) is 27.0 Å². The number of alkyl halides is 2. The van der Waals surface area contributed by atoms with E-state index in [9.17, 15) is 13.6 Å². The molecule has 12 heteroatoms. The topological polar surface area (TPSA) is 73.3 Å². The number of allylic oxidation sites excluding steroid dienone is 1. The molecule has 1 amide bonds. The molecule has 3 aromatic rings. The van der Waals surface area contributed by atoms with Crippen LogP contribution in [-0.2, 0) is 11.3 Å². The number of nitrogens with zero attached hydrogens (tertiary/aromatic N) is 5. The largest absolute Gasteiger partial charge is 0.434 e. The van der Waals surface area contributed by atoms with E-state index < -0.39 is 12.5 Å². The molecule has 1 aromatic heterocycles. The van der Waals surface area contributed by atoms with Crippen LogP contribution in [0.2, 0.25) is 5.02 Å². The van der Waals surface area contributed by atoms with Crippen LogP contribution in [0.5, 0.6) is 5.75 Å². The molecule has 2 aromatic carbocycles. The average Bonchev–Trinajstić information content (AvgIpc) is 3.43. The molecule has 230 valence electrons. The van der Waals surface area contributed by atoms with Gasteiger partial charge >= 0.3 is 6.61 Å². The third-order valence-corrected chi connectivity index (χ3v) is 8.77. The minimum Gasteiger partial charge on any atom is -0.434 e. The Bertz CT molecular complexity index is 1580. The lowest BCUT2D eigenvalue weighted by molar-refractivity contribution is -0.112. The first-order valence-electron chi connectivity index (χ1n) is 14.1. The molecule has 0 bridgehead atoms. The first-order valence-corrected chi connectivity index (χ1v) is 15.3. The van der Waals surface area contributed by atoms with Crippen LogP contribution in [0, 0.1) is 0 Å². The van der Waals surface area contributed by atoms with Crippen LogP contribution in [0.15, 0.2) is 89.8 Å². The standard InChI is InChI=1S/C32H33ClF2N6O2S/c1-4-24(28-36-15-8-16-39(28)2)29(42)38-30-27(25-19-22(33)11-12-26(25)43-31(34)35)37-32(44-30)41-17-13-23(14-18-41)40(3)20-21-9-6-5-7-10-21/h4-12,15-16,19,23,31H,1,13-14,17-18,20H2,2-3H3,(H,38,42). The fourth-order valence-corrected chi connectivity index (χ4v) is 6.45. The number of aromatic nitrogens is 1. The van der Waals surface area contributed by atoms with Crippen molar-refractivity contribution >= 4 is 45.2 Å². The predicted octanol–water partition coefficient (Wildman–Crippen LogP) is 7.03. The highest BCUT2D eigenvalue weighted by atomic mass is 35.5. The van der Waals surface area contributed by atoms with Gasteiger partial charge in [0.05, 0.1) is 5.57 Å². The summed E-state index contributed by atoms with van der Waals surface area (Å²) in [6.45, 7) is 3.11. The first kappa shape index (κ1) is 31.4. The molecule has 0 unspecified atom stereocenters. The van der Waals surface area contributed by atoms with Gasteiger partial charge in [-0.25, -0.2) is 9.98 Å². The van der Waals surface area contributed by atoms with Gasteiger partial charge in [0.15, 0.2) is 5.13 Å². The van der Waals surface area contributed by atoms with Gasteiger partial charge in [0.1, 0.15) is 22.3 Å². The Morgan fingerprint density at radius 2 is 2.00 bits per heavy atom. The number of rotatable bonds is 10. The van der Waals surface area contributed by atoms with E-state index in [1.807, 2.05) is 18.2 Å². The van der Waals surface area contributed by atoms with Gasteiger partial charge in [-0.2, -0.15) is 8.78 Å². The lowest BCUT2D eigenvalue weighted by Crippen LogP contribution is -2.43. The average molecular weight is 639 g/mol. The number of nitrogens with one attached hydrogen (secondary N) is 1. The summed E-state index contributed by atoms with van der Waals surface area (Å²) < 4.78 is 31.5. The SMILES string of the molecule is C=CC(C(=O)Nc1sc(N2CCC(N(C)Cc3ccccc3)CC2)nc1-c1cc(Cl)ccc1OC(F)F)=C1N=CC=CN1C. The molecular formula is C32H33ClF2N6O2S. The lowest BCUT2D eigenvalue weighted by atomic mass is 10.0. The number of carbonyl (C=O) groups excluding carboxylic acids is 1. The molecule has 44 heavy (non-hydrogen) atoms. The molecule has 2 aliphatic rings. The molecule has 1 saturated heterocycles. The number of ether oxygens (including phenoxy) is 1. The zero-order valence-corrected chi connectivity index (χ0v) is 26.0. The zero-order chi connectivity index (χ0) is 31.2. The van der Waals surface area contributed by atoms with Crippen LogP contribution in [0.25, 0.3) is 11.3 Å². The van der Waals surface area contributed by atoms with Gasteiger partial charge in [-0.05, 0) is 49.7 Å². The van der Waals surface area contributed by atoms with Crippen LogP contribution in [-0.4, -0.2) is 66.7 Å². The summed E-state index contributed by atoms with van der Waals surface area (Å²) in [5.74, 6) is -0.148. The normalized spacial score (nSPS) is 16.5. The number of aliphatic imine (C=N–C) groups is 1. The molecular weight excluding hydrogens is 606 g/mol. The number of hydrogen-bond donors (Lipinski definition) is 1. The molecule has 2 aliphatic heterocycles. The second-order valence-electron chi connectivity index (χ2n) is 10.4. The van der Waals surface area contributed by atoms with Gasteiger partial charge in [-0.1, -0.05) is 65.9 Å². The van der Waals surface area contributed by atoms with Gasteiger partial charge < -0.3 is 19.9 Å². The summed E-state index contributed by atoms with van der Waals surface area (Å²) in [6.07, 6.45) is 8.38. The number of hydrogen-bond acceptors (Lipinski definition) is 8. The van der Waals surface area contributed by atoms with E-state index in [0.717, 1.165) is 32.5 Å². The van der Waals surface area contributed by atoms with Gasteiger partial charge in [0.2, 0.25) is 0 Å². The lowest BCUT2D eigenvalue weighted by Gasteiger charge is -2.36. The van der Waals surface area contributed by atoms with Crippen molar-refractivity contribution in [2.24, 2.45) is 4.99 Å². The van der Waals surface area contributed by atoms with Crippen molar-refractivity contribution in [1.29, 1.82) is 0 Å². The minimum atomic E-state index is -3.05. The summed E-state index contributed by atoms with van der Waals surface area (Å²) >= 11 is 7.56. The molecule has 0 radical (unpaired) electrons. The van der Waals surface area contributed by atoms with Gasteiger partial charge in [0, 0.05) is 55.7 Å². The molecule has 0 spiro atoms. The van der Waals surface area contributed by atoms with Crippen molar-refractivity contribution in [1.82, 2.24) is 14.8 Å². The van der Waals surface area contributed by atoms with Crippen molar-refractivity contribution in [3.05, 3.63) is 95.4 Å². The summed E-state index contributed by atoms with van der Waals surface area (Å²) in [5, 5.41) is 4.27. The van der Waals surface area contributed by atoms with Crippen LogP contribution in [0.4, 0.5) is 18.9 Å². The summed E-state index contributed by atoms with van der Waals surface area (Å²) in [6, 6.07) is 15.1. The number of thiazole rings is 1. The summed E-state index contributed by atoms with van der Waals surface area (Å²) in [7, 11) is 3.91. The molecule has 3 heterocycles. The quantitative estimate of drug-likeness (QED) is 0.240. The third kappa shape index (κ3) is 7.35. The maximum atomic E-state index is 13.6. The highest BCUT2D eigenvalue weighted by molar-refractivity contribution is 7.20. The van der Waals surface area contributed by atoms with E-state index in [2.05, 4.69) is 45.9 Å². The number of carbonyl (C=O) groups is 1. The van der Waals surface area contributed by atoms with Crippen LogP contribution >= 0.6 is 22.9 Å². The molecule has 5 rings (SSSR count). The summed E-state index contributed by atoms with van der Waals surface area (Å²) in [4.78, 5) is 29.0. The fourth-order valence-electron chi connectivity index (χ4n) is 5.25. The van der Waals surface area contributed by atoms with Crippen molar-refractivity contribution in [3.8, 4) is 17.0 Å². The van der Waals surface area contributed by atoms with Gasteiger partial charge in [-0.15, -0.1) is 0 Å². The van der Waals surface area contributed by atoms with E-state index >= 15 is 0 Å². The first-order chi connectivity index (χ1) is 21.2. The molecule has 0 aliphatic carbocycles. The second-order valence-corrected chi connectivity index (χ2v) is 11.9. The van der Waals surface area contributed by atoms with Crippen molar-refractivity contribution < 1.29 is 18.3 Å². The van der Waals surface area contributed by atoms with Crippen molar-refractivity contribution in [3.63, 3.8) is 0 Å². The number of benzene rings is 2. The van der Waals surface area contributed by atoms with Crippen molar-refractivity contribution in [2.75, 3.05) is 37.4 Å². The number of piperidine rings is 1. The van der Waals surface area contributed by atoms with Crippen LogP contribution in [0.3, 0.4) is 0 Å². The number of halogens is 3. The monoisotopic (exact) mass is 638 g/mol. The maximum Gasteiger partial charge on any atom is 0.387 e. The smallest absolute Gasteiger partial charge is 0.387 e. The Labute approximate surface area is 264 Å². The molecule has 0 saturated carbocycles. The number of anilines is 2. The van der Waals surface area contributed by atoms with E-state index in [1.165, 1.54) is 41.2 Å². The van der Waals surface area contributed by atoms with Crippen molar-refractivity contribution in [2.45, 2.75) is 32.0 Å². The molecule has 0 atom stereocenters. The number of amides is 1. The summed E-state index contributed by atoms with van der Waals surface area (Å²) in [5.41, 5.74) is 2.04. The maximum absolute atomic E-state index is 13.6. The third-order valence-electron chi connectivity index (χ3n) is 7.51. The Morgan fingerprint density at radius 1 is 1.25 bits per heavy atom. The highest BCUT2D eigenvalue weighted by Gasteiger charge is 2.28. The minimum absolute atomic E-state index is 0.0953. The predicted molar refractivity (Wildman–Crippen MR) is 174 cm³/mol. The molecule has 8 nitrogen and oxygen atoms in total. The van der Waals surface area contributed by atoms with Crippen LogP contribution < -0.4 is 15.0 Å². The van der Waals surface area contributed by atoms with E-state index in [-0.39, 0.29) is 22.6 Å². The Kier molecular flexibility index (Phi) is 10.1. The van der Waals surface area contributed by atoms with E-state index in [1.54, 1.807) is 30.4 Å². The molecule has 1 fully saturated rings. The fraction of sp³-hybridized carbons (Fsp3) is 0.281. The van der Waals surface area contributed by atoms with Gasteiger partial charge in [-0.3, -0.25) is 9.69 Å². The Balaban J connectivity index is 1.43. The molecule has 1 N–H and O–H groups in total. The van der Waals surface area contributed by atoms with Gasteiger partial charge in [0.25, 0.3) is 5.91 Å². The zero-order valence-electron chi connectivity index (χ0n) is 24.4. The second kappa shape index (κ2) is 14.1. The Hall–Kier alpha value is -4.06. The highest BCUT2D eigenvalue weighted by Crippen LogP contribution is 2.43. The van der Waals surface area contributed by atoms with Crippen LogP contribution in [0.1, 0.15) is 18.4 Å². The Morgan fingerprint density at radius 3 is 2.68 bits per heavy atom.